The number of carbonyl (C=O) groups excluding carboxylic acids is 1. The van der Waals surface area contributed by atoms with Crippen LogP contribution < -0.4 is 0 Å². The average molecular weight is 392 g/mol. The van der Waals surface area contributed by atoms with Crippen LogP contribution in [-0.4, -0.2) is 106 Å². The van der Waals surface area contributed by atoms with Gasteiger partial charge < -0.3 is 14.4 Å². The summed E-state index contributed by atoms with van der Waals surface area (Å²) in [4.78, 5) is 16.8. The number of nitrogens with zero attached hydrogens (tertiary/aromatic N) is 3. The first-order valence-corrected chi connectivity index (χ1v) is 11.0. The molecule has 0 bridgehead atoms. The molecule has 2 unspecified atom stereocenters. The second-order valence-electron chi connectivity index (χ2n) is 7.16. The van der Waals surface area contributed by atoms with Gasteiger partial charge in [0.15, 0.2) is 0 Å². The maximum Gasteiger partial charge on any atom is 0.223 e. The van der Waals surface area contributed by atoms with Gasteiger partial charge in [-0.15, -0.1) is 0 Å². The van der Waals surface area contributed by atoms with Gasteiger partial charge in [0.2, 0.25) is 15.9 Å². The number of carbonyl (C=O) groups is 1. The van der Waals surface area contributed by atoms with Crippen molar-refractivity contribution in [3.63, 3.8) is 0 Å². The minimum absolute atomic E-state index is 0.0444. The van der Waals surface area contributed by atoms with Crippen molar-refractivity contribution in [3.05, 3.63) is 0 Å². The van der Waals surface area contributed by atoms with E-state index in [9.17, 15) is 13.2 Å². The van der Waals surface area contributed by atoms with Gasteiger partial charge in [-0.2, -0.15) is 4.31 Å². The molecule has 0 aromatic rings. The predicted molar refractivity (Wildman–Crippen MR) is 99.5 cm³/mol. The van der Waals surface area contributed by atoms with Gasteiger partial charge in [0.05, 0.1) is 19.0 Å². The van der Waals surface area contributed by atoms with Crippen molar-refractivity contribution >= 4 is 15.9 Å². The number of hydrogen-bond donors (Lipinski definition) is 0. The Morgan fingerprint density at radius 3 is 2.35 bits per heavy atom. The summed E-state index contributed by atoms with van der Waals surface area (Å²) in [6, 6.07) is 0.519. The van der Waals surface area contributed by atoms with E-state index in [0.29, 0.717) is 39.4 Å². The van der Waals surface area contributed by atoms with Crippen molar-refractivity contribution < 1.29 is 22.7 Å². The van der Waals surface area contributed by atoms with Crippen molar-refractivity contribution in [2.75, 3.05) is 65.4 Å². The first-order chi connectivity index (χ1) is 12.3. The molecule has 0 N–H and O–H groups in total. The Morgan fingerprint density at radius 2 is 1.77 bits per heavy atom. The third-order valence-electron chi connectivity index (χ3n) is 5.16. The molecular formula is C17H33N3O5S. The minimum atomic E-state index is -3.39. The zero-order valence-corrected chi connectivity index (χ0v) is 17.0. The molecule has 0 aromatic heterocycles. The number of ether oxygens (including phenoxy) is 2. The molecule has 2 atom stereocenters. The van der Waals surface area contributed by atoms with Crippen LogP contribution in [0.25, 0.3) is 0 Å². The van der Waals surface area contributed by atoms with Crippen molar-refractivity contribution in [2.45, 2.75) is 38.8 Å². The van der Waals surface area contributed by atoms with Crippen molar-refractivity contribution in [2.24, 2.45) is 0 Å². The Hall–Kier alpha value is -0.740. The molecule has 2 heterocycles. The van der Waals surface area contributed by atoms with Crippen LogP contribution in [0.3, 0.4) is 0 Å². The summed E-state index contributed by atoms with van der Waals surface area (Å²) in [6.45, 7) is 8.82. The quantitative estimate of drug-likeness (QED) is 0.542. The van der Waals surface area contributed by atoms with Gasteiger partial charge >= 0.3 is 0 Å². The number of piperazine rings is 1. The van der Waals surface area contributed by atoms with Gasteiger partial charge in [-0.1, -0.05) is 0 Å². The van der Waals surface area contributed by atoms with E-state index >= 15 is 0 Å². The van der Waals surface area contributed by atoms with Gasteiger partial charge in [-0.05, 0) is 20.3 Å². The summed E-state index contributed by atoms with van der Waals surface area (Å²) >= 11 is 0. The Kier molecular flexibility index (Phi) is 8.28. The number of morpholine rings is 1. The lowest BCUT2D eigenvalue weighted by atomic mass is 10.1. The zero-order chi connectivity index (χ0) is 19.2. The molecule has 0 spiro atoms. The minimum Gasteiger partial charge on any atom is -0.385 e. The lowest BCUT2D eigenvalue weighted by Crippen LogP contribution is -2.58. The Morgan fingerprint density at radius 1 is 1.15 bits per heavy atom. The molecule has 0 saturated carbocycles. The van der Waals surface area contributed by atoms with E-state index in [-0.39, 0.29) is 30.2 Å². The highest BCUT2D eigenvalue weighted by Gasteiger charge is 2.32. The van der Waals surface area contributed by atoms with Crippen LogP contribution in [-0.2, 0) is 24.3 Å². The Balaban J connectivity index is 1.82. The first-order valence-electron chi connectivity index (χ1n) is 9.43. The number of rotatable bonds is 8. The maximum absolute atomic E-state index is 12.6. The second-order valence-corrected chi connectivity index (χ2v) is 9.25. The van der Waals surface area contributed by atoms with E-state index in [1.165, 1.54) is 4.31 Å². The van der Waals surface area contributed by atoms with Crippen molar-refractivity contribution in [1.29, 1.82) is 0 Å². The molecule has 0 aromatic carbocycles. The molecule has 2 aliphatic rings. The SMILES string of the molecule is COCCCN1C(C)CN(C(=O)CCS(=O)(=O)N2CCOCC2)CC1C. The summed E-state index contributed by atoms with van der Waals surface area (Å²) in [5, 5.41) is 0. The lowest BCUT2D eigenvalue weighted by molar-refractivity contribution is -0.135. The summed E-state index contributed by atoms with van der Waals surface area (Å²) in [7, 11) is -1.69. The Labute approximate surface area is 157 Å². The summed E-state index contributed by atoms with van der Waals surface area (Å²) < 4.78 is 36.5. The van der Waals surface area contributed by atoms with Crippen LogP contribution in [0, 0.1) is 0 Å². The number of sulfonamides is 1. The summed E-state index contributed by atoms with van der Waals surface area (Å²) in [5.74, 6) is -0.195. The van der Waals surface area contributed by atoms with Gasteiger partial charge in [0, 0.05) is 64.9 Å². The number of hydrogen-bond acceptors (Lipinski definition) is 6. The number of methoxy groups -OCH3 is 1. The number of amides is 1. The zero-order valence-electron chi connectivity index (χ0n) is 16.2. The molecule has 0 aliphatic carbocycles. The largest absolute Gasteiger partial charge is 0.385 e. The highest BCUT2D eigenvalue weighted by molar-refractivity contribution is 7.89. The average Bonchev–Trinajstić information content (AvgIpc) is 2.62. The van der Waals surface area contributed by atoms with Crippen molar-refractivity contribution in [1.82, 2.24) is 14.1 Å². The standard InChI is InChI=1S/C17H33N3O5S/c1-15-13-18(14-16(2)20(15)6-4-9-24-3)17(21)5-12-26(22,23)19-7-10-25-11-8-19/h15-16H,4-14H2,1-3H3. The van der Waals surface area contributed by atoms with Gasteiger partial charge in [-0.3, -0.25) is 9.69 Å². The van der Waals surface area contributed by atoms with Gasteiger partial charge in [0.25, 0.3) is 0 Å². The summed E-state index contributed by atoms with van der Waals surface area (Å²) in [5.41, 5.74) is 0. The third kappa shape index (κ3) is 5.88. The Bertz CT molecular complexity index is 539. The van der Waals surface area contributed by atoms with Gasteiger partial charge in [-0.25, -0.2) is 8.42 Å². The van der Waals surface area contributed by atoms with E-state index in [1.54, 1.807) is 7.11 Å². The molecule has 2 fully saturated rings. The van der Waals surface area contributed by atoms with E-state index in [2.05, 4.69) is 18.7 Å². The van der Waals surface area contributed by atoms with E-state index in [4.69, 9.17) is 9.47 Å². The highest BCUT2D eigenvalue weighted by atomic mass is 32.2. The fraction of sp³-hybridized carbons (Fsp3) is 0.941. The third-order valence-corrected chi connectivity index (χ3v) is 7.03. The highest BCUT2D eigenvalue weighted by Crippen LogP contribution is 2.17. The van der Waals surface area contributed by atoms with Crippen LogP contribution in [0.4, 0.5) is 0 Å². The van der Waals surface area contributed by atoms with E-state index in [1.807, 2.05) is 4.90 Å². The normalized spacial score (nSPS) is 26.2. The van der Waals surface area contributed by atoms with E-state index in [0.717, 1.165) is 19.6 Å². The molecule has 2 aliphatic heterocycles. The molecule has 9 heteroatoms. The molecule has 2 saturated heterocycles. The maximum atomic E-state index is 12.6. The van der Waals surface area contributed by atoms with Crippen LogP contribution in [0.2, 0.25) is 0 Å². The molecule has 26 heavy (non-hydrogen) atoms. The smallest absolute Gasteiger partial charge is 0.223 e. The van der Waals surface area contributed by atoms with Crippen LogP contribution in [0.15, 0.2) is 0 Å². The summed E-state index contributed by atoms with van der Waals surface area (Å²) in [6.07, 6.45) is 1.01. The predicted octanol–water partition coefficient (Wildman–Crippen LogP) is -0.00380. The topological polar surface area (TPSA) is 79.4 Å². The van der Waals surface area contributed by atoms with Crippen LogP contribution >= 0.6 is 0 Å². The molecule has 0 radical (unpaired) electrons. The monoisotopic (exact) mass is 391 g/mol. The van der Waals surface area contributed by atoms with Crippen LogP contribution in [0.1, 0.15) is 26.7 Å². The molecular weight excluding hydrogens is 358 g/mol. The fourth-order valence-electron chi connectivity index (χ4n) is 3.72. The molecule has 152 valence electrons. The second kappa shape index (κ2) is 9.98. The lowest BCUT2D eigenvalue weighted by Gasteiger charge is -2.44. The molecule has 2 rings (SSSR count). The van der Waals surface area contributed by atoms with Crippen molar-refractivity contribution in [3.8, 4) is 0 Å². The molecule has 8 nitrogen and oxygen atoms in total. The van der Waals surface area contributed by atoms with Crippen LogP contribution in [0.5, 0.6) is 0 Å². The molecule has 1 amide bonds. The fourth-order valence-corrected chi connectivity index (χ4v) is 5.12. The van der Waals surface area contributed by atoms with E-state index < -0.39 is 10.0 Å². The first kappa shape index (κ1) is 21.6. The van der Waals surface area contributed by atoms with Gasteiger partial charge in [0.1, 0.15) is 0 Å².